The van der Waals surface area contributed by atoms with E-state index in [1.165, 1.54) is 11.1 Å². The molecule has 0 aromatic heterocycles. The van der Waals surface area contributed by atoms with Gasteiger partial charge in [0.25, 0.3) is 0 Å². The zero-order valence-corrected chi connectivity index (χ0v) is 11.1. The van der Waals surface area contributed by atoms with Gasteiger partial charge in [0.15, 0.2) is 0 Å². The Hall–Kier alpha value is -0.470. The molecule has 0 saturated heterocycles. The number of rotatable bonds is 2. The molecule has 0 unspecified atom stereocenters. The van der Waals surface area contributed by atoms with E-state index in [2.05, 4.69) is 18.9 Å². The van der Waals surface area contributed by atoms with E-state index in [4.69, 9.17) is 23.2 Å². The minimum atomic E-state index is 0.351. The molecule has 0 amide bonds. The summed E-state index contributed by atoms with van der Waals surface area (Å²) in [5.41, 5.74) is 5.58. The first-order valence-electron chi connectivity index (χ1n) is 4.85. The zero-order valence-electron chi connectivity index (χ0n) is 9.56. The first kappa shape index (κ1) is 12.6. The molecule has 1 heterocycles. The Morgan fingerprint density at radius 1 is 1.00 bits per heavy atom. The van der Waals surface area contributed by atoms with Gasteiger partial charge in [0.05, 0.1) is 11.6 Å². The second kappa shape index (κ2) is 5.04. The van der Waals surface area contributed by atoms with Gasteiger partial charge in [-0.3, -0.25) is 5.01 Å². The molecule has 15 heavy (non-hydrogen) atoms. The minimum Gasteiger partial charge on any atom is -0.254 e. The van der Waals surface area contributed by atoms with Crippen molar-refractivity contribution in [3.8, 4) is 0 Å². The minimum absolute atomic E-state index is 0.351. The summed E-state index contributed by atoms with van der Waals surface area (Å²) in [7, 11) is 0. The summed E-state index contributed by atoms with van der Waals surface area (Å²) in [6.07, 6.45) is 0. The van der Waals surface area contributed by atoms with Crippen LogP contribution in [0.3, 0.4) is 0 Å². The quantitative estimate of drug-likeness (QED) is 0.536. The Balaban J connectivity index is 3.30. The van der Waals surface area contributed by atoms with E-state index < -0.39 is 0 Å². The molecule has 4 heteroatoms. The van der Waals surface area contributed by atoms with Gasteiger partial charge in [-0.05, 0) is 44.4 Å². The van der Waals surface area contributed by atoms with Crippen molar-refractivity contribution in [1.29, 1.82) is 0 Å². The molecule has 0 aliphatic carbocycles. The summed E-state index contributed by atoms with van der Waals surface area (Å²) in [4.78, 5) is 0. The van der Waals surface area contributed by atoms with Crippen molar-refractivity contribution in [2.24, 2.45) is 5.10 Å². The molecule has 1 aliphatic rings. The third kappa shape index (κ3) is 2.37. The van der Waals surface area contributed by atoms with E-state index in [-0.39, 0.29) is 0 Å². The number of hydrogen-bond donors (Lipinski definition) is 0. The Morgan fingerprint density at radius 2 is 1.60 bits per heavy atom. The van der Waals surface area contributed by atoms with Crippen LogP contribution in [0, 0.1) is 0 Å². The third-order valence-corrected chi connectivity index (χ3v) is 3.45. The maximum absolute atomic E-state index is 5.88. The number of nitrogens with zero attached hydrogens (tertiary/aromatic N) is 2. The molecule has 0 spiro atoms. The Labute approximate surface area is 101 Å². The standard InChI is InChI=1S/C11H16Cl2N2/c1-7-8(2)10(4)15(6-13)14-11(5-12)9(7)3/h5-6H2,1-4H3. The van der Waals surface area contributed by atoms with Gasteiger partial charge in [0.2, 0.25) is 0 Å². The lowest BCUT2D eigenvalue weighted by atomic mass is 10.0. The van der Waals surface area contributed by atoms with Gasteiger partial charge in [-0.1, -0.05) is 0 Å². The van der Waals surface area contributed by atoms with Crippen molar-refractivity contribution >= 4 is 28.9 Å². The number of halogens is 2. The first-order valence-corrected chi connectivity index (χ1v) is 5.92. The van der Waals surface area contributed by atoms with Crippen LogP contribution in [0.4, 0.5) is 0 Å². The van der Waals surface area contributed by atoms with Crippen LogP contribution in [-0.4, -0.2) is 22.6 Å². The summed E-state index contributed by atoms with van der Waals surface area (Å²) in [6.45, 7) is 8.24. The summed E-state index contributed by atoms with van der Waals surface area (Å²) >= 11 is 11.7. The fourth-order valence-electron chi connectivity index (χ4n) is 1.50. The van der Waals surface area contributed by atoms with E-state index in [0.29, 0.717) is 11.9 Å². The zero-order chi connectivity index (χ0) is 11.6. The fraction of sp³-hybridized carbons (Fsp3) is 0.545. The summed E-state index contributed by atoms with van der Waals surface area (Å²) < 4.78 is 0. The van der Waals surface area contributed by atoms with Crippen LogP contribution in [0.2, 0.25) is 0 Å². The predicted octanol–water partition coefficient (Wildman–Crippen LogP) is 3.72. The molecule has 0 atom stereocenters. The average molecular weight is 247 g/mol. The van der Waals surface area contributed by atoms with E-state index >= 15 is 0 Å². The summed E-state index contributed by atoms with van der Waals surface area (Å²) in [5.74, 6) is 0.414. The van der Waals surface area contributed by atoms with Gasteiger partial charge in [0, 0.05) is 5.70 Å². The fourth-order valence-corrected chi connectivity index (χ4v) is 1.99. The number of allylic oxidation sites excluding steroid dienone is 4. The maximum atomic E-state index is 5.88. The lowest BCUT2D eigenvalue weighted by Gasteiger charge is -2.17. The normalized spacial score (nSPS) is 18.3. The van der Waals surface area contributed by atoms with E-state index in [0.717, 1.165) is 17.0 Å². The lowest BCUT2D eigenvalue weighted by molar-refractivity contribution is 0.423. The molecule has 0 aromatic carbocycles. The predicted molar refractivity (Wildman–Crippen MR) is 67.5 cm³/mol. The smallest absolute Gasteiger partial charge is 0.115 e. The van der Waals surface area contributed by atoms with Gasteiger partial charge in [-0.25, -0.2) is 0 Å². The van der Waals surface area contributed by atoms with Crippen LogP contribution in [-0.2, 0) is 0 Å². The van der Waals surface area contributed by atoms with Crippen LogP contribution >= 0.6 is 23.2 Å². The lowest BCUT2D eigenvalue weighted by Crippen LogP contribution is -2.16. The van der Waals surface area contributed by atoms with Gasteiger partial charge < -0.3 is 0 Å². The summed E-state index contributed by atoms with van der Waals surface area (Å²) in [6, 6.07) is 0.351. The first-order chi connectivity index (χ1) is 7.02. The average Bonchev–Trinajstić information content (AvgIpc) is 2.33. The maximum Gasteiger partial charge on any atom is 0.115 e. The molecular weight excluding hydrogens is 231 g/mol. The highest BCUT2D eigenvalue weighted by molar-refractivity contribution is 6.31. The molecular formula is C11H16Cl2N2. The second-order valence-corrected chi connectivity index (χ2v) is 4.17. The Bertz CT molecular complexity index is 354. The van der Waals surface area contributed by atoms with Crippen molar-refractivity contribution in [3.63, 3.8) is 0 Å². The van der Waals surface area contributed by atoms with Crippen molar-refractivity contribution in [1.82, 2.24) is 5.01 Å². The Kier molecular flexibility index (Phi) is 4.23. The monoisotopic (exact) mass is 246 g/mol. The van der Waals surface area contributed by atoms with Crippen molar-refractivity contribution in [3.05, 3.63) is 22.4 Å². The molecule has 1 aliphatic heterocycles. The van der Waals surface area contributed by atoms with Crippen LogP contribution < -0.4 is 0 Å². The largest absolute Gasteiger partial charge is 0.254 e. The highest BCUT2D eigenvalue weighted by Crippen LogP contribution is 2.25. The SMILES string of the molecule is CC1=C(C)C(C)=C(C)N(CCl)N=C1CCl. The van der Waals surface area contributed by atoms with Crippen molar-refractivity contribution < 1.29 is 0 Å². The molecule has 0 fully saturated rings. The van der Waals surface area contributed by atoms with Gasteiger partial charge in [-0.2, -0.15) is 5.10 Å². The van der Waals surface area contributed by atoms with E-state index in [1.54, 1.807) is 5.01 Å². The molecule has 84 valence electrons. The van der Waals surface area contributed by atoms with Gasteiger partial charge in [0.1, 0.15) is 6.00 Å². The topological polar surface area (TPSA) is 15.6 Å². The van der Waals surface area contributed by atoms with Crippen LogP contribution in [0.25, 0.3) is 0 Å². The van der Waals surface area contributed by atoms with Gasteiger partial charge >= 0.3 is 0 Å². The molecule has 0 radical (unpaired) electrons. The molecule has 0 bridgehead atoms. The van der Waals surface area contributed by atoms with Crippen LogP contribution in [0.5, 0.6) is 0 Å². The number of hydrazone groups is 1. The van der Waals surface area contributed by atoms with Crippen molar-refractivity contribution in [2.45, 2.75) is 27.7 Å². The van der Waals surface area contributed by atoms with Crippen LogP contribution in [0.1, 0.15) is 27.7 Å². The highest BCUT2D eigenvalue weighted by Gasteiger charge is 2.16. The molecule has 0 aromatic rings. The molecule has 0 N–H and O–H groups in total. The molecule has 0 saturated carbocycles. The summed E-state index contributed by atoms with van der Waals surface area (Å²) in [5, 5.41) is 6.23. The Morgan fingerprint density at radius 3 is 2.07 bits per heavy atom. The van der Waals surface area contributed by atoms with E-state index in [1.807, 2.05) is 13.8 Å². The van der Waals surface area contributed by atoms with E-state index in [9.17, 15) is 0 Å². The van der Waals surface area contributed by atoms with Gasteiger partial charge in [-0.15, -0.1) is 23.2 Å². The third-order valence-electron chi connectivity index (χ3n) is 2.97. The van der Waals surface area contributed by atoms with Crippen LogP contribution in [0.15, 0.2) is 27.5 Å². The molecule has 1 rings (SSSR count). The number of hydrogen-bond acceptors (Lipinski definition) is 2. The highest BCUT2D eigenvalue weighted by atomic mass is 35.5. The van der Waals surface area contributed by atoms with Crippen molar-refractivity contribution in [2.75, 3.05) is 11.9 Å². The number of alkyl halides is 2. The second-order valence-electron chi connectivity index (χ2n) is 3.66. The molecule has 2 nitrogen and oxygen atoms in total.